The number of thioether (sulfide) groups is 1. The lowest BCUT2D eigenvalue weighted by Gasteiger charge is -2.23. The summed E-state index contributed by atoms with van der Waals surface area (Å²) in [5.74, 6) is 1.08. The minimum absolute atomic E-state index is 0.0320. The summed E-state index contributed by atoms with van der Waals surface area (Å²) in [5, 5.41) is 0.202. The highest BCUT2D eigenvalue weighted by Gasteiger charge is 2.31. The lowest BCUT2D eigenvalue weighted by molar-refractivity contribution is 0.552. The Morgan fingerprint density at radius 1 is 1.50 bits per heavy atom. The largest absolute Gasteiger partial charge is 0.398 e. The fourth-order valence-corrected chi connectivity index (χ4v) is 5.30. The minimum Gasteiger partial charge on any atom is -0.398 e. The van der Waals surface area contributed by atoms with E-state index in [4.69, 9.17) is 17.3 Å². The molecule has 4 nitrogen and oxygen atoms in total. The molecular formula is C13H19ClN2O2S2. The van der Waals surface area contributed by atoms with E-state index in [-0.39, 0.29) is 14.7 Å². The van der Waals surface area contributed by atoms with Crippen LogP contribution in [0.1, 0.15) is 25.3 Å². The highest BCUT2D eigenvalue weighted by molar-refractivity contribution is 8.01. The van der Waals surface area contributed by atoms with Gasteiger partial charge in [0.2, 0.25) is 10.0 Å². The lowest BCUT2D eigenvalue weighted by Crippen LogP contribution is -2.36. The van der Waals surface area contributed by atoms with Crippen LogP contribution < -0.4 is 10.5 Å². The highest BCUT2D eigenvalue weighted by atomic mass is 35.5. The fourth-order valence-electron chi connectivity index (χ4n) is 2.18. The Bertz CT molecular complexity index is 611. The smallest absolute Gasteiger partial charge is 0.242 e. The summed E-state index contributed by atoms with van der Waals surface area (Å²) < 4.78 is 27.3. The zero-order chi connectivity index (χ0) is 15.0. The van der Waals surface area contributed by atoms with Gasteiger partial charge in [-0.3, -0.25) is 0 Å². The quantitative estimate of drug-likeness (QED) is 0.830. The second kappa shape index (κ2) is 5.75. The Labute approximate surface area is 129 Å². The van der Waals surface area contributed by atoms with Crippen molar-refractivity contribution in [3.63, 3.8) is 0 Å². The van der Waals surface area contributed by atoms with E-state index in [9.17, 15) is 8.42 Å². The summed E-state index contributed by atoms with van der Waals surface area (Å²) in [5.41, 5.74) is 6.97. The van der Waals surface area contributed by atoms with Crippen LogP contribution in [-0.4, -0.2) is 25.5 Å². The standard InChI is InChI=1S/C13H19ClN2O2S2/c1-9-6-10(14)12(7-11(9)15)20(17,18)16-8-13(2)4-3-5-19-13/h6-7,16H,3-5,8,15H2,1-2H3. The molecule has 1 aromatic carbocycles. The molecule has 1 fully saturated rings. The van der Waals surface area contributed by atoms with Gasteiger partial charge in [0.1, 0.15) is 4.90 Å². The molecule has 20 heavy (non-hydrogen) atoms. The van der Waals surface area contributed by atoms with Gasteiger partial charge in [0.05, 0.1) is 5.02 Å². The van der Waals surface area contributed by atoms with E-state index in [0.717, 1.165) is 24.2 Å². The number of sulfonamides is 1. The summed E-state index contributed by atoms with van der Waals surface area (Å²) in [4.78, 5) is 0.0499. The molecular weight excluding hydrogens is 316 g/mol. The maximum absolute atomic E-state index is 12.4. The Kier molecular flexibility index (Phi) is 4.59. The Morgan fingerprint density at radius 2 is 2.20 bits per heavy atom. The van der Waals surface area contributed by atoms with Crippen molar-refractivity contribution in [1.82, 2.24) is 4.72 Å². The normalized spacial score (nSPS) is 23.1. The number of rotatable bonds is 4. The highest BCUT2D eigenvalue weighted by Crippen LogP contribution is 2.37. The van der Waals surface area contributed by atoms with Crippen molar-refractivity contribution in [2.75, 3.05) is 18.0 Å². The first-order chi connectivity index (χ1) is 9.23. The van der Waals surface area contributed by atoms with Gasteiger partial charge in [-0.25, -0.2) is 13.1 Å². The number of nitrogens with one attached hydrogen (secondary N) is 1. The molecule has 0 aliphatic carbocycles. The first-order valence-corrected chi connectivity index (χ1v) is 9.27. The van der Waals surface area contributed by atoms with Gasteiger partial charge in [0.25, 0.3) is 0 Å². The van der Waals surface area contributed by atoms with Crippen LogP contribution >= 0.6 is 23.4 Å². The third kappa shape index (κ3) is 3.42. The fraction of sp³-hybridized carbons (Fsp3) is 0.538. The van der Waals surface area contributed by atoms with Gasteiger partial charge in [-0.05, 0) is 50.1 Å². The molecule has 0 radical (unpaired) electrons. The molecule has 0 amide bonds. The first-order valence-electron chi connectivity index (χ1n) is 6.43. The summed E-state index contributed by atoms with van der Waals surface area (Å²) in [6, 6.07) is 3.00. The third-order valence-corrected chi connectivity index (χ3v) is 6.95. The monoisotopic (exact) mass is 334 g/mol. The van der Waals surface area contributed by atoms with Crippen LogP contribution in [0.4, 0.5) is 5.69 Å². The average Bonchev–Trinajstić information content (AvgIpc) is 2.79. The molecule has 1 unspecified atom stereocenters. The Hall–Kier alpha value is -0.430. The second-order valence-electron chi connectivity index (χ2n) is 5.37. The van der Waals surface area contributed by atoms with Gasteiger partial charge < -0.3 is 5.73 Å². The van der Waals surface area contributed by atoms with Crippen LogP contribution in [-0.2, 0) is 10.0 Å². The predicted octanol–water partition coefficient (Wildman–Crippen LogP) is 2.79. The van der Waals surface area contributed by atoms with Crippen molar-refractivity contribution in [2.45, 2.75) is 36.3 Å². The molecule has 112 valence electrons. The van der Waals surface area contributed by atoms with Crippen LogP contribution in [0, 0.1) is 6.92 Å². The number of hydrogen-bond donors (Lipinski definition) is 2. The summed E-state index contributed by atoms with van der Waals surface area (Å²) >= 11 is 7.84. The van der Waals surface area contributed by atoms with Crippen LogP contribution in [0.5, 0.6) is 0 Å². The zero-order valence-electron chi connectivity index (χ0n) is 11.6. The molecule has 1 saturated heterocycles. The maximum atomic E-state index is 12.4. The maximum Gasteiger partial charge on any atom is 0.242 e. The number of halogens is 1. The number of hydrogen-bond acceptors (Lipinski definition) is 4. The third-order valence-electron chi connectivity index (χ3n) is 3.55. The number of anilines is 1. The van der Waals surface area contributed by atoms with Crippen molar-refractivity contribution in [1.29, 1.82) is 0 Å². The van der Waals surface area contributed by atoms with Gasteiger partial charge in [0, 0.05) is 17.0 Å². The van der Waals surface area contributed by atoms with Crippen molar-refractivity contribution in [3.05, 3.63) is 22.7 Å². The van der Waals surface area contributed by atoms with Crippen LogP contribution in [0.25, 0.3) is 0 Å². The van der Waals surface area contributed by atoms with Gasteiger partial charge in [0.15, 0.2) is 0 Å². The van der Waals surface area contributed by atoms with Crippen LogP contribution in [0.3, 0.4) is 0 Å². The van der Waals surface area contributed by atoms with Crippen molar-refractivity contribution < 1.29 is 8.42 Å². The molecule has 0 bridgehead atoms. The SMILES string of the molecule is Cc1cc(Cl)c(S(=O)(=O)NCC2(C)CCCS2)cc1N. The Morgan fingerprint density at radius 3 is 2.80 bits per heavy atom. The van der Waals surface area contributed by atoms with Crippen LogP contribution in [0.2, 0.25) is 5.02 Å². The van der Waals surface area contributed by atoms with Crippen molar-refractivity contribution in [2.24, 2.45) is 0 Å². The number of aryl methyl sites for hydroxylation is 1. The topological polar surface area (TPSA) is 72.2 Å². The Balaban J connectivity index is 2.20. The van der Waals surface area contributed by atoms with E-state index in [1.54, 1.807) is 24.8 Å². The molecule has 1 atom stereocenters. The molecule has 1 aromatic rings. The predicted molar refractivity (Wildman–Crippen MR) is 85.9 cm³/mol. The minimum atomic E-state index is -3.63. The number of benzene rings is 1. The molecule has 3 N–H and O–H groups in total. The van der Waals surface area contributed by atoms with E-state index < -0.39 is 10.0 Å². The molecule has 1 aliphatic heterocycles. The first kappa shape index (κ1) is 15.9. The summed E-state index contributed by atoms with van der Waals surface area (Å²) in [6.45, 7) is 4.28. The molecule has 0 saturated carbocycles. The van der Waals surface area contributed by atoms with E-state index >= 15 is 0 Å². The number of nitrogen functional groups attached to an aromatic ring is 1. The van der Waals surface area contributed by atoms with E-state index in [1.807, 2.05) is 0 Å². The molecule has 0 spiro atoms. The van der Waals surface area contributed by atoms with E-state index in [0.29, 0.717) is 12.2 Å². The zero-order valence-corrected chi connectivity index (χ0v) is 14.0. The second-order valence-corrected chi connectivity index (χ2v) is 9.19. The van der Waals surface area contributed by atoms with Crippen molar-refractivity contribution in [3.8, 4) is 0 Å². The van der Waals surface area contributed by atoms with Gasteiger partial charge in [-0.2, -0.15) is 11.8 Å². The molecule has 1 heterocycles. The molecule has 1 aliphatic rings. The van der Waals surface area contributed by atoms with Gasteiger partial charge in [-0.15, -0.1) is 0 Å². The molecule has 7 heteroatoms. The molecule has 2 rings (SSSR count). The van der Waals surface area contributed by atoms with Crippen LogP contribution in [0.15, 0.2) is 17.0 Å². The molecule has 0 aromatic heterocycles. The van der Waals surface area contributed by atoms with Gasteiger partial charge in [-0.1, -0.05) is 11.6 Å². The van der Waals surface area contributed by atoms with E-state index in [1.165, 1.54) is 6.07 Å². The summed E-state index contributed by atoms with van der Waals surface area (Å²) in [7, 11) is -3.63. The average molecular weight is 335 g/mol. The summed E-state index contributed by atoms with van der Waals surface area (Å²) in [6.07, 6.45) is 2.14. The van der Waals surface area contributed by atoms with E-state index in [2.05, 4.69) is 11.6 Å². The number of nitrogens with two attached hydrogens (primary N) is 1. The van der Waals surface area contributed by atoms with Gasteiger partial charge >= 0.3 is 0 Å². The lowest BCUT2D eigenvalue weighted by atomic mass is 10.1. The van der Waals surface area contributed by atoms with Crippen molar-refractivity contribution >= 4 is 39.1 Å².